The van der Waals surface area contributed by atoms with Crippen LogP contribution in [-0.2, 0) is 0 Å². The molecule has 0 unspecified atom stereocenters. The first-order chi connectivity index (χ1) is 9.55. The molecule has 1 fully saturated rings. The van der Waals surface area contributed by atoms with Gasteiger partial charge in [0.1, 0.15) is 11.5 Å². The highest BCUT2D eigenvalue weighted by molar-refractivity contribution is 6.01. The van der Waals surface area contributed by atoms with Crippen LogP contribution in [0.25, 0.3) is 0 Å². The summed E-state index contributed by atoms with van der Waals surface area (Å²) in [6.07, 6.45) is 2.55. The fourth-order valence-corrected chi connectivity index (χ4v) is 2.31. The van der Waals surface area contributed by atoms with Crippen LogP contribution in [0.2, 0.25) is 0 Å². The van der Waals surface area contributed by atoms with Gasteiger partial charge >= 0.3 is 0 Å². The highest BCUT2D eigenvalue weighted by atomic mass is 16.5. The third-order valence-electron chi connectivity index (χ3n) is 3.81. The minimum atomic E-state index is -0.514. The third-order valence-corrected chi connectivity index (χ3v) is 3.81. The summed E-state index contributed by atoms with van der Waals surface area (Å²) >= 11 is 0. The molecule has 1 aromatic rings. The Bertz CT molecular complexity index is 507. The smallest absolute Gasteiger partial charge is 0.254 e. The Morgan fingerprint density at radius 1 is 1.40 bits per heavy atom. The number of carbonyl (C=O) groups excluding carboxylic acids is 1. The lowest BCUT2D eigenvalue weighted by atomic mass is 9.77. The quantitative estimate of drug-likeness (QED) is 0.698. The largest absolute Gasteiger partial charge is 0.497 e. The number of nitrogens with one attached hydrogen (secondary N) is 1. The van der Waals surface area contributed by atoms with E-state index in [1.165, 1.54) is 14.2 Å². The molecule has 20 heavy (non-hydrogen) atoms. The molecule has 1 amide bonds. The predicted octanol–water partition coefficient (Wildman–Crippen LogP) is 0.931. The average molecular weight is 280 g/mol. The molecule has 0 aliphatic heterocycles. The first-order valence-electron chi connectivity index (χ1n) is 6.50. The van der Waals surface area contributed by atoms with Crippen molar-refractivity contribution < 1.29 is 19.4 Å². The molecule has 1 aromatic carbocycles. The Balaban J connectivity index is 2.29. The molecule has 4 N–H and O–H groups in total. The van der Waals surface area contributed by atoms with Gasteiger partial charge < -0.3 is 25.6 Å². The second kappa shape index (κ2) is 5.58. The van der Waals surface area contributed by atoms with Crippen molar-refractivity contribution in [2.24, 2.45) is 0 Å². The first-order valence-corrected chi connectivity index (χ1v) is 6.50. The van der Waals surface area contributed by atoms with Gasteiger partial charge in [0.2, 0.25) is 0 Å². The van der Waals surface area contributed by atoms with Gasteiger partial charge in [-0.25, -0.2) is 0 Å². The summed E-state index contributed by atoms with van der Waals surface area (Å²) in [7, 11) is 2.99. The van der Waals surface area contributed by atoms with Crippen molar-refractivity contribution in [1.29, 1.82) is 0 Å². The minimum absolute atomic E-state index is 0.0697. The first kappa shape index (κ1) is 14.5. The summed E-state index contributed by atoms with van der Waals surface area (Å²) in [6.45, 7) is -0.0697. The van der Waals surface area contributed by atoms with Crippen molar-refractivity contribution in [2.75, 3.05) is 26.6 Å². The molecular weight excluding hydrogens is 260 g/mol. The van der Waals surface area contributed by atoms with E-state index in [0.717, 1.165) is 19.3 Å². The minimum Gasteiger partial charge on any atom is -0.497 e. The number of hydrogen-bond donors (Lipinski definition) is 3. The summed E-state index contributed by atoms with van der Waals surface area (Å²) in [5.74, 6) is 0.558. The van der Waals surface area contributed by atoms with Crippen molar-refractivity contribution in [3.8, 4) is 11.5 Å². The van der Waals surface area contributed by atoms with Crippen molar-refractivity contribution in [3.05, 3.63) is 17.7 Å². The number of ether oxygens (including phenoxy) is 2. The highest BCUT2D eigenvalue weighted by Crippen LogP contribution is 2.34. The van der Waals surface area contributed by atoms with Gasteiger partial charge in [-0.05, 0) is 25.3 Å². The second-order valence-electron chi connectivity index (χ2n) is 5.04. The Morgan fingerprint density at radius 2 is 2.10 bits per heavy atom. The average Bonchev–Trinajstić information content (AvgIpc) is 2.42. The molecular formula is C14H20N2O4. The van der Waals surface area contributed by atoms with E-state index in [-0.39, 0.29) is 18.2 Å². The van der Waals surface area contributed by atoms with Crippen molar-refractivity contribution >= 4 is 11.6 Å². The molecule has 110 valence electrons. The number of amides is 1. The topological polar surface area (TPSA) is 93.8 Å². The van der Waals surface area contributed by atoms with E-state index >= 15 is 0 Å². The fourth-order valence-electron chi connectivity index (χ4n) is 2.31. The van der Waals surface area contributed by atoms with Gasteiger partial charge in [-0.2, -0.15) is 0 Å². The maximum absolute atomic E-state index is 12.4. The molecule has 0 aromatic heterocycles. The number of nitrogen functional groups attached to an aromatic ring is 1. The van der Waals surface area contributed by atoms with Gasteiger partial charge in [-0.15, -0.1) is 0 Å². The van der Waals surface area contributed by atoms with E-state index in [1.807, 2.05) is 0 Å². The second-order valence-corrected chi connectivity index (χ2v) is 5.04. The number of anilines is 1. The number of nitrogens with two attached hydrogens (primary N) is 1. The SMILES string of the molecule is COc1cc(OC)c(N)c(C(=O)NC2(CO)CCC2)c1. The van der Waals surface area contributed by atoms with Crippen LogP contribution in [0, 0.1) is 0 Å². The summed E-state index contributed by atoms with van der Waals surface area (Å²) in [6, 6.07) is 3.19. The Hall–Kier alpha value is -1.95. The van der Waals surface area contributed by atoms with Crippen molar-refractivity contribution in [3.63, 3.8) is 0 Å². The third kappa shape index (κ3) is 2.51. The molecule has 6 nitrogen and oxygen atoms in total. The number of benzene rings is 1. The Labute approximate surface area is 117 Å². The molecule has 0 radical (unpaired) electrons. The van der Waals surface area contributed by atoms with E-state index in [2.05, 4.69) is 5.32 Å². The summed E-state index contributed by atoms with van der Waals surface area (Å²) in [5, 5.41) is 12.3. The number of rotatable bonds is 5. The maximum Gasteiger partial charge on any atom is 0.254 e. The fraction of sp³-hybridized carbons (Fsp3) is 0.500. The number of aliphatic hydroxyl groups is 1. The van der Waals surface area contributed by atoms with Crippen LogP contribution in [0.1, 0.15) is 29.6 Å². The Kier molecular flexibility index (Phi) is 4.04. The number of hydrogen-bond acceptors (Lipinski definition) is 5. The zero-order valence-electron chi connectivity index (χ0n) is 11.7. The molecule has 0 atom stereocenters. The summed E-state index contributed by atoms with van der Waals surface area (Å²) in [5.41, 5.74) is 5.97. The van der Waals surface area contributed by atoms with E-state index in [0.29, 0.717) is 17.1 Å². The maximum atomic E-state index is 12.4. The summed E-state index contributed by atoms with van der Waals surface area (Å²) < 4.78 is 10.3. The lowest BCUT2D eigenvalue weighted by Gasteiger charge is -2.41. The Morgan fingerprint density at radius 3 is 2.55 bits per heavy atom. The van der Waals surface area contributed by atoms with Gasteiger partial charge in [0.25, 0.3) is 5.91 Å². The molecule has 0 bridgehead atoms. The molecule has 0 saturated heterocycles. The predicted molar refractivity (Wildman–Crippen MR) is 75.1 cm³/mol. The van der Waals surface area contributed by atoms with E-state index in [9.17, 15) is 9.90 Å². The monoisotopic (exact) mass is 280 g/mol. The number of methoxy groups -OCH3 is 2. The molecule has 0 heterocycles. The summed E-state index contributed by atoms with van der Waals surface area (Å²) in [4.78, 5) is 12.4. The van der Waals surface area contributed by atoms with Gasteiger partial charge in [0.15, 0.2) is 0 Å². The molecule has 2 rings (SSSR count). The normalized spacial score (nSPS) is 16.1. The standard InChI is InChI=1S/C14H20N2O4/c1-19-9-6-10(12(15)11(7-9)20-2)13(18)16-14(8-17)4-3-5-14/h6-7,17H,3-5,8,15H2,1-2H3,(H,16,18). The molecule has 0 spiro atoms. The molecule has 1 aliphatic rings. The zero-order valence-corrected chi connectivity index (χ0v) is 11.7. The van der Waals surface area contributed by atoms with Crippen LogP contribution < -0.4 is 20.5 Å². The van der Waals surface area contributed by atoms with Crippen LogP contribution in [0.15, 0.2) is 12.1 Å². The van der Waals surface area contributed by atoms with Gasteiger partial charge in [0.05, 0.1) is 37.6 Å². The van der Waals surface area contributed by atoms with Crippen LogP contribution in [0.3, 0.4) is 0 Å². The van der Waals surface area contributed by atoms with Gasteiger partial charge in [-0.1, -0.05) is 0 Å². The van der Waals surface area contributed by atoms with Crippen LogP contribution >= 0.6 is 0 Å². The van der Waals surface area contributed by atoms with E-state index < -0.39 is 5.54 Å². The lowest BCUT2D eigenvalue weighted by Crippen LogP contribution is -2.56. The van der Waals surface area contributed by atoms with Crippen molar-refractivity contribution in [2.45, 2.75) is 24.8 Å². The van der Waals surface area contributed by atoms with E-state index in [4.69, 9.17) is 15.2 Å². The molecule has 1 saturated carbocycles. The van der Waals surface area contributed by atoms with Crippen LogP contribution in [0.4, 0.5) is 5.69 Å². The van der Waals surface area contributed by atoms with Gasteiger partial charge in [0, 0.05) is 6.07 Å². The van der Waals surface area contributed by atoms with Crippen molar-refractivity contribution in [1.82, 2.24) is 5.32 Å². The number of aliphatic hydroxyl groups excluding tert-OH is 1. The van der Waals surface area contributed by atoms with E-state index in [1.54, 1.807) is 12.1 Å². The molecule has 6 heteroatoms. The highest BCUT2D eigenvalue weighted by Gasteiger charge is 2.38. The van der Waals surface area contributed by atoms with Crippen LogP contribution in [0.5, 0.6) is 11.5 Å². The van der Waals surface area contributed by atoms with Crippen LogP contribution in [-0.4, -0.2) is 37.4 Å². The molecule has 1 aliphatic carbocycles. The number of carbonyl (C=O) groups is 1. The lowest BCUT2D eigenvalue weighted by molar-refractivity contribution is 0.0642. The zero-order chi connectivity index (χ0) is 14.8. The van der Waals surface area contributed by atoms with Gasteiger partial charge in [-0.3, -0.25) is 4.79 Å².